The maximum atomic E-state index is 13.3. The van der Waals surface area contributed by atoms with E-state index in [0.717, 1.165) is 34.6 Å². The zero-order valence-corrected chi connectivity index (χ0v) is 16.4. The Bertz CT molecular complexity index is 1120. The highest BCUT2D eigenvalue weighted by atomic mass is 35.5. The highest BCUT2D eigenvalue weighted by Crippen LogP contribution is 2.24. The number of amides is 1. The molecule has 0 aromatic heterocycles. The Kier molecular flexibility index (Phi) is 6.14. The topological polar surface area (TPSA) is 66.5 Å². The lowest BCUT2D eigenvalue weighted by Crippen LogP contribution is -2.38. The van der Waals surface area contributed by atoms with E-state index in [9.17, 15) is 22.0 Å². The molecule has 1 amide bonds. The maximum Gasteiger partial charge on any atom is 0.264 e. The summed E-state index contributed by atoms with van der Waals surface area (Å²) in [5.41, 5.74) is 0.470. The van der Waals surface area contributed by atoms with Crippen LogP contribution in [0.5, 0.6) is 0 Å². The molecule has 0 bridgehead atoms. The zero-order chi connectivity index (χ0) is 21.0. The molecular formula is C20H15ClF2N2O3S. The lowest BCUT2D eigenvalue weighted by molar-refractivity contribution is -0.114. The summed E-state index contributed by atoms with van der Waals surface area (Å²) in [5.74, 6) is -1.89. The third-order valence-electron chi connectivity index (χ3n) is 3.94. The van der Waals surface area contributed by atoms with Crippen molar-refractivity contribution in [3.63, 3.8) is 0 Å². The van der Waals surface area contributed by atoms with Crippen LogP contribution in [0, 0.1) is 11.6 Å². The predicted molar refractivity (Wildman–Crippen MR) is 107 cm³/mol. The minimum absolute atomic E-state index is 0.166. The molecule has 0 radical (unpaired) electrons. The Morgan fingerprint density at radius 2 is 1.62 bits per heavy atom. The van der Waals surface area contributed by atoms with Crippen molar-refractivity contribution in [1.29, 1.82) is 0 Å². The van der Waals surface area contributed by atoms with Gasteiger partial charge in [-0.05, 0) is 54.6 Å². The van der Waals surface area contributed by atoms with Crippen LogP contribution in [0.2, 0.25) is 5.02 Å². The molecule has 0 spiro atoms. The standard InChI is InChI=1S/C20H15ClF2N2O3S/c21-18-12-15(8-11-19(18)23)24-20(26)13-25(16-4-2-1-3-5-16)29(27,28)17-9-6-14(22)7-10-17/h1-12H,13H2,(H,24,26). The Labute approximate surface area is 171 Å². The Morgan fingerprint density at radius 1 is 0.966 bits per heavy atom. The van der Waals surface area contributed by atoms with Gasteiger partial charge in [-0.2, -0.15) is 0 Å². The molecule has 3 aromatic carbocycles. The van der Waals surface area contributed by atoms with E-state index in [0.29, 0.717) is 0 Å². The van der Waals surface area contributed by atoms with E-state index in [-0.39, 0.29) is 21.3 Å². The van der Waals surface area contributed by atoms with Gasteiger partial charge < -0.3 is 5.32 Å². The minimum Gasteiger partial charge on any atom is -0.324 e. The molecule has 0 fully saturated rings. The maximum absolute atomic E-state index is 13.3. The minimum atomic E-state index is -4.15. The molecule has 0 aliphatic carbocycles. The predicted octanol–water partition coefficient (Wildman–Crippen LogP) is 4.45. The number of benzene rings is 3. The summed E-state index contributed by atoms with van der Waals surface area (Å²) in [4.78, 5) is 12.3. The monoisotopic (exact) mass is 436 g/mol. The number of nitrogens with one attached hydrogen (secondary N) is 1. The van der Waals surface area contributed by atoms with Crippen LogP contribution in [-0.2, 0) is 14.8 Å². The molecule has 3 aromatic rings. The third-order valence-corrected chi connectivity index (χ3v) is 6.01. The first-order valence-corrected chi connectivity index (χ1v) is 10.2. The number of carbonyl (C=O) groups excluding carboxylic acids is 1. The molecule has 0 aliphatic rings. The average molecular weight is 437 g/mol. The van der Waals surface area contributed by atoms with E-state index in [2.05, 4.69) is 5.32 Å². The summed E-state index contributed by atoms with van der Waals surface area (Å²) in [6.07, 6.45) is 0. The largest absolute Gasteiger partial charge is 0.324 e. The number of halogens is 3. The zero-order valence-electron chi connectivity index (χ0n) is 14.8. The summed E-state index contributed by atoms with van der Waals surface area (Å²) >= 11 is 5.70. The van der Waals surface area contributed by atoms with Gasteiger partial charge in [-0.1, -0.05) is 29.8 Å². The first-order chi connectivity index (χ1) is 13.8. The van der Waals surface area contributed by atoms with E-state index in [1.165, 1.54) is 24.3 Å². The van der Waals surface area contributed by atoms with E-state index in [1.54, 1.807) is 18.2 Å². The van der Waals surface area contributed by atoms with Gasteiger partial charge in [0.05, 0.1) is 15.6 Å². The van der Waals surface area contributed by atoms with Crippen molar-refractivity contribution >= 4 is 38.9 Å². The number of nitrogens with zero attached hydrogens (tertiary/aromatic N) is 1. The number of hydrogen-bond acceptors (Lipinski definition) is 3. The van der Waals surface area contributed by atoms with Gasteiger partial charge in [-0.25, -0.2) is 17.2 Å². The van der Waals surface area contributed by atoms with Crippen molar-refractivity contribution < 1.29 is 22.0 Å². The fourth-order valence-corrected chi connectivity index (χ4v) is 4.15. The average Bonchev–Trinajstić information content (AvgIpc) is 2.70. The van der Waals surface area contributed by atoms with Gasteiger partial charge in [0.2, 0.25) is 5.91 Å². The smallest absolute Gasteiger partial charge is 0.264 e. The lowest BCUT2D eigenvalue weighted by Gasteiger charge is -2.24. The molecule has 0 saturated heterocycles. The van der Waals surface area contributed by atoms with Crippen molar-refractivity contribution in [2.24, 2.45) is 0 Å². The van der Waals surface area contributed by atoms with E-state index < -0.39 is 34.1 Å². The van der Waals surface area contributed by atoms with Gasteiger partial charge in [-0.3, -0.25) is 9.10 Å². The number of para-hydroxylation sites is 1. The Morgan fingerprint density at radius 3 is 2.24 bits per heavy atom. The van der Waals surface area contributed by atoms with Crippen molar-refractivity contribution in [3.8, 4) is 0 Å². The van der Waals surface area contributed by atoms with Gasteiger partial charge >= 0.3 is 0 Å². The van der Waals surface area contributed by atoms with Gasteiger partial charge in [0.1, 0.15) is 18.2 Å². The molecular weight excluding hydrogens is 422 g/mol. The lowest BCUT2D eigenvalue weighted by atomic mass is 10.3. The summed E-state index contributed by atoms with van der Waals surface area (Å²) in [6, 6.07) is 15.9. The number of anilines is 2. The van der Waals surface area contributed by atoms with E-state index >= 15 is 0 Å². The summed E-state index contributed by atoms with van der Waals surface area (Å²) in [5, 5.41) is 2.31. The van der Waals surface area contributed by atoms with Crippen molar-refractivity contribution in [2.75, 3.05) is 16.2 Å². The summed E-state index contributed by atoms with van der Waals surface area (Å²) in [7, 11) is -4.15. The molecule has 0 saturated carbocycles. The SMILES string of the molecule is O=C(CN(c1ccccc1)S(=O)(=O)c1ccc(F)cc1)Nc1ccc(F)c(Cl)c1. The first-order valence-electron chi connectivity index (χ1n) is 8.35. The third kappa shape index (κ3) is 4.90. The van der Waals surface area contributed by atoms with Gasteiger partial charge in [-0.15, -0.1) is 0 Å². The van der Waals surface area contributed by atoms with Crippen LogP contribution in [-0.4, -0.2) is 20.9 Å². The fraction of sp³-hybridized carbons (Fsp3) is 0.0500. The van der Waals surface area contributed by atoms with Gasteiger partial charge in [0, 0.05) is 5.69 Å². The van der Waals surface area contributed by atoms with E-state index in [4.69, 9.17) is 11.6 Å². The normalized spacial score (nSPS) is 11.1. The van der Waals surface area contributed by atoms with Crippen molar-refractivity contribution in [1.82, 2.24) is 0 Å². The molecule has 5 nitrogen and oxygen atoms in total. The van der Waals surface area contributed by atoms with Crippen LogP contribution in [0.4, 0.5) is 20.2 Å². The first kappa shape index (κ1) is 20.8. The van der Waals surface area contributed by atoms with Crippen LogP contribution in [0.3, 0.4) is 0 Å². The highest BCUT2D eigenvalue weighted by Gasteiger charge is 2.27. The second-order valence-electron chi connectivity index (χ2n) is 5.98. The van der Waals surface area contributed by atoms with E-state index in [1.807, 2.05) is 0 Å². The Hall–Kier alpha value is -2.97. The molecule has 3 rings (SSSR count). The summed E-state index contributed by atoms with van der Waals surface area (Å²) < 4.78 is 53.6. The Balaban J connectivity index is 1.91. The number of sulfonamides is 1. The quantitative estimate of drug-likeness (QED) is 0.620. The molecule has 1 N–H and O–H groups in total. The van der Waals surface area contributed by atoms with Crippen LogP contribution in [0.15, 0.2) is 77.7 Å². The van der Waals surface area contributed by atoms with Crippen molar-refractivity contribution in [2.45, 2.75) is 4.90 Å². The highest BCUT2D eigenvalue weighted by molar-refractivity contribution is 7.92. The summed E-state index contributed by atoms with van der Waals surface area (Å²) in [6.45, 7) is -0.557. The van der Waals surface area contributed by atoms with Gasteiger partial charge in [0.15, 0.2) is 0 Å². The molecule has 0 heterocycles. The van der Waals surface area contributed by atoms with Crippen LogP contribution in [0.25, 0.3) is 0 Å². The second-order valence-corrected chi connectivity index (χ2v) is 8.25. The van der Waals surface area contributed by atoms with Crippen molar-refractivity contribution in [3.05, 3.63) is 89.5 Å². The molecule has 150 valence electrons. The number of carbonyl (C=O) groups is 1. The molecule has 9 heteroatoms. The fourth-order valence-electron chi connectivity index (χ4n) is 2.55. The number of rotatable bonds is 6. The molecule has 0 atom stereocenters. The number of hydrogen-bond donors (Lipinski definition) is 1. The molecule has 29 heavy (non-hydrogen) atoms. The molecule has 0 unspecified atom stereocenters. The van der Waals surface area contributed by atoms with Crippen LogP contribution < -0.4 is 9.62 Å². The van der Waals surface area contributed by atoms with Crippen LogP contribution in [0.1, 0.15) is 0 Å². The van der Waals surface area contributed by atoms with Crippen LogP contribution >= 0.6 is 11.6 Å². The second kappa shape index (κ2) is 8.59. The van der Waals surface area contributed by atoms with Gasteiger partial charge in [0.25, 0.3) is 10.0 Å². The molecule has 0 aliphatic heterocycles.